The van der Waals surface area contributed by atoms with E-state index in [4.69, 9.17) is 0 Å². The molecule has 1 unspecified atom stereocenters. The van der Waals surface area contributed by atoms with Crippen LogP contribution in [-0.2, 0) is 0 Å². The van der Waals surface area contributed by atoms with Gasteiger partial charge in [-0.25, -0.2) is 0 Å². The molecule has 2 fully saturated rings. The lowest BCUT2D eigenvalue weighted by molar-refractivity contribution is 0.164. The van der Waals surface area contributed by atoms with Crippen molar-refractivity contribution in [3.63, 3.8) is 0 Å². The number of rotatable bonds is 4. The summed E-state index contributed by atoms with van der Waals surface area (Å²) in [7, 11) is 0. The van der Waals surface area contributed by atoms with Crippen molar-refractivity contribution in [3.05, 3.63) is 0 Å². The smallest absolute Gasteiger partial charge is 0.0597 e. The normalized spacial score (nSPS) is 29.1. The van der Waals surface area contributed by atoms with Gasteiger partial charge in [-0.15, -0.1) is 0 Å². The van der Waals surface area contributed by atoms with E-state index in [1.54, 1.807) is 0 Å². The van der Waals surface area contributed by atoms with E-state index in [-0.39, 0.29) is 12.6 Å². The lowest BCUT2D eigenvalue weighted by Gasteiger charge is -2.30. The average molecular weight is 241 g/mol. The number of hydrogen-bond acceptors (Lipinski definition) is 4. The zero-order valence-electron chi connectivity index (χ0n) is 10.9. The van der Waals surface area contributed by atoms with Crippen LogP contribution in [0.2, 0.25) is 0 Å². The number of piperidine rings is 1. The molecule has 1 atom stereocenters. The summed E-state index contributed by atoms with van der Waals surface area (Å²) in [6, 6.07) is 0.277. The van der Waals surface area contributed by atoms with Crippen molar-refractivity contribution in [2.75, 3.05) is 52.4 Å². The van der Waals surface area contributed by atoms with Crippen LogP contribution < -0.4 is 5.32 Å². The molecule has 0 aromatic heterocycles. The molecule has 0 bridgehead atoms. The van der Waals surface area contributed by atoms with Gasteiger partial charge in [-0.3, -0.25) is 0 Å². The standard InChI is InChI=1S/C13H27N3O/c17-12-13-11-16(8-4-5-14-13)10-9-15-6-2-1-3-7-15/h13-14,17H,1-12H2. The fourth-order valence-corrected chi connectivity index (χ4v) is 2.87. The Labute approximate surface area is 105 Å². The number of nitrogens with zero attached hydrogens (tertiary/aromatic N) is 2. The van der Waals surface area contributed by atoms with Crippen molar-refractivity contribution in [2.24, 2.45) is 0 Å². The minimum absolute atomic E-state index is 0.264. The van der Waals surface area contributed by atoms with Crippen molar-refractivity contribution < 1.29 is 5.11 Å². The minimum atomic E-state index is 0.264. The topological polar surface area (TPSA) is 38.7 Å². The predicted octanol–water partition coefficient (Wildman–Crippen LogP) is 0.129. The van der Waals surface area contributed by atoms with E-state index < -0.39 is 0 Å². The van der Waals surface area contributed by atoms with Gasteiger partial charge in [0.1, 0.15) is 0 Å². The second-order valence-electron chi connectivity index (χ2n) is 5.39. The molecule has 2 saturated heterocycles. The van der Waals surface area contributed by atoms with E-state index in [1.165, 1.54) is 51.9 Å². The molecule has 17 heavy (non-hydrogen) atoms. The highest BCUT2D eigenvalue weighted by atomic mass is 16.3. The number of nitrogens with one attached hydrogen (secondary N) is 1. The van der Waals surface area contributed by atoms with Crippen LogP contribution in [0.15, 0.2) is 0 Å². The van der Waals surface area contributed by atoms with Gasteiger partial charge >= 0.3 is 0 Å². The Kier molecular flexibility index (Phi) is 5.71. The number of aliphatic hydroxyl groups excluding tert-OH is 1. The highest BCUT2D eigenvalue weighted by Crippen LogP contribution is 2.08. The maximum atomic E-state index is 9.25. The average Bonchev–Trinajstić information content (AvgIpc) is 2.62. The Balaban J connectivity index is 1.69. The number of likely N-dealkylation sites (tertiary alicyclic amines) is 1. The van der Waals surface area contributed by atoms with E-state index in [0.29, 0.717) is 0 Å². The van der Waals surface area contributed by atoms with Crippen LogP contribution in [0.4, 0.5) is 0 Å². The Hall–Kier alpha value is -0.160. The van der Waals surface area contributed by atoms with Crippen LogP contribution in [-0.4, -0.2) is 73.4 Å². The Morgan fingerprint density at radius 3 is 2.41 bits per heavy atom. The second kappa shape index (κ2) is 7.31. The maximum absolute atomic E-state index is 9.25. The molecule has 0 aliphatic carbocycles. The molecule has 4 nitrogen and oxygen atoms in total. The van der Waals surface area contributed by atoms with Crippen LogP contribution >= 0.6 is 0 Å². The molecule has 0 spiro atoms. The maximum Gasteiger partial charge on any atom is 0.0597 e. The summed E-state index contributed by atoms with van der Waals surface area (Å²) < 4.78 is 0. The zero-order chi connectivity index (χ0) is 11.9. The molecule has 2 aliphatic rings. The molecule has 2 rings (SSSR count). The van der Waals surface area contributed by atoms with Gasteiger partial charge in [-0.1, -0.05) is 6.42 Å². The Morgan fingerprint density at radius 2 is 1.65 bits per heavy atom. The van der Waals surface area contributed by atoms with Gasteiger partial charge in [0.05, 0.1) is 6.61 Å². The monoisotopic (exact) mass is 241 g/mol. The molecule has 100 valence electrons. The van der Waals surface area contributed by atoms with E-state index in [9.17, 15) is 5.11 Å². The molecule has 0 saturated carbocycles. The Bertz CT molecular complexity index is 207. The summed E-state index contributed by atoms with van der Waals surface area (Å²) in [6.45, 7) is 8.44. The Morgan fingerprint density at radius 1 is 0.941 bits per heavy atom. The fraction of sp³-hybridized carbons (Fsp3) is 1.00. The highest BCUT2D eigenvalue weighted by molar-refractivity contribution is 4.77. The highest BCUT2D eigenvalue weighted by Gasteiger charge is 2.17. The molecule has 2 N–H and O–H groups in total. The van der Waals surface area contributed by atoms with Gasteiger partial charge in [0.15, 0.2) is 0 Å². The third-order valence-electron chi connectivity index (χ3n) is 3.96. The third-order valence-corrected chi connectivity index (χ3v) is 3.96. The van der Waals surface area contributed by atoms with Crippen molar-refractivity contribution >= 4 is 0 Å². The van der Waals surface area contributed by atoms with Gasteiger partial charge in [0, 0.05) is 25.7 Å². The zero-order valence-corrected chi connectivity index (χ0v) is 10.9. The van der Waals surface area contributed by atoms with E-state index in [0.717, 1.165) is 19.6 Å². The predicted molar refractivity (Wildman–Crippen MR) is 70.2 cm³/mol. The second-order valence-corrected chi connectivity index (χ2v) is 5.39. The molecule has 0 aromatic rings. The largest absolute Gasteiger partial charge is 0.395 e. The molecule has 2 heterocycles. The SMILES string of the molecule is OCC1CN(CCN2CCCCC2)CCCN1. The molecule has 4 heteroatoms. The van der Waals surface area contributed by atoms with Crippen molar-refractivity contribution in [2.45, 2.75) is 31.7 Å². The van der Waals surface area contributed by atoms with Crippen molar-refractivity contribution in [3.8, 4) is 0 Å². The molecule has 0 aromatic carbocycles. The van der Waals surface area contributed by atoms with Crippen molar-refractivity contribution in [1.29, 1.82) is 0 Å². The molecule has 0 amide bonds. The van der Waals surface area contributed by atoms with Crippen LogP contribution in [0.25, 0.3) is 0 Å². The third kappa shape index (κ3) is 4.54. The quantitative estimate of drug-likeness (QED) is 0.734. The first-order valence-electron chi connectivity index (χ1n) is 7.17. The fourth-order valence-electron chi connectivity index (χ4n) is 2.87. The minimum Gasteiger partial charge on any atom is -0.395 e. The van der Waals surface area contributed by atoms with E-state index >= 15 is 0 Å². The summed E-state index contributed by atoms with van der Waals surface area (Å²) in [5.41, 5.74) is 0. The van der Waals surface area contributed by atoms with Crippen LogP contribution in [0.5, 0.6) is 0 Å². The van der Waals surface area contributed by atoms with Gasteiger partial charge < -0.3 is 20.2 Å². The lowest BCUT2D eigenvalue weighted by Crippen LogP contribution is -2.43. The summed E-state index contributed by atoms with van der Waals surface area (Å²) >= 11 is 0. The molecular formula is C13H27N3O. The summed E-state index contributed by atoms with van der Waals surface area (Å²) in [6.07, 6.45) is 5.37. The number of aliphatic hydroxyl groups is 1. The molecule has 2 aliphatic heterocycles. The summed E-state index contributed by atoms with van der Waals surface area (Å²) in [5.74, 6) is 0. The van der Waals surface area contributed by atoms with Crippen LogP contribution in [0.3, 0.4) is 0 Å². The summed E-state index contributed by atoms with van der Waals surface area (Å²) in [5, 5.41) is 12.6. The molecule has 0 radical (unpaired) electrons. The van der Waals surface area contributed by atoms with E-state index in [1.807, 2.05) is 0 Å². The number of hydrogen-bond donors (Lipinski definition) is 2. The first-order valence-corrected chi connectivity index (χ1v) is 7.17. The van der Waals surface area contributed by atoms with Crippen LogP contribution in [0, 0.1) is 0 Å². The van der Waals surface area contributed by atoms with Gasteiger partial charge in [0.25, 0.3) is 0 Å². The van der Waals surface area contributed by atoms with Gasteiger partial charge in [-0.2, -0.15) is 0 Å². The summed E-state index contributed by atoms with van der Waals surface area (Å²) in [4.78, 5) is 5.10. The first-order chi connectivity index (χ1) is 8.38. The van der Waals surface area contributed by atoms with Crippen LogP contribution in [0.1, 0.15) is 25.7 Å². The van der Waals surface area contributed by atoms with Crippen molar-refractivity contribution in [1.82, 2.24) is 15.1 Å². The first kappa shape index (κ1) is 13.3. The molecular weight excluding hydrogens is 214 g/mol. The van der Waals surface area contributed by atoms with Gasteiger partial charge in [0.2, 0.25) is 0 Å². The lowest BCUT2D eigenvalue weighted by atomic mass is 10.1. The van der Waals surface area contributed by atoms with E-state index in [2.05, 4.69) is 15.1 Å². The van der Waals surface area contributed by atoms with Gasteiger partial charge in [-0.05, 0) is 45.4 Å².